The molecular formula is C17H29N5O3. The van der Waals surface area contributed by atoms with Gasteiger partial charge in [-0.2, -0.15) is 0 Å². The maximum absolute atomic E-state index is 12.5. The van der Waals surface area contributed by atoms with E-state index < -0.39 is 12.1 Å². The van der Waals surface area contributed by atoms with Crippen LogP contribution in [0.3, 0.4) is 0 Å². The molecule has 0 aromatic heterocycles. The maximum atomic E-state index is 12.5. The van der Waals surface area contributed by atoms with Crippen LogP contribution in [0, 0.1) is 0 Å². The fourth-order valence-corrected chi connectivity index (χ4v) is 3.80. The minimum absolute atomic E-state index is 0.0818. The van der Waals surface area contributed by atoms with Crippen molar-refractivity contribution in [1.82, 2.24) is 26.2 Å². The minimum Gasteiger partial charge on any atom is -0.354 e. The Bertz CT molecular complexity index is 507. The first-order chi connectivity index (χ1) is 12.1. The lowest BCUT2D eigenvalue weighted by molar-refractivity contribution is -0.131. The van der Waals surface area contributed by atoms with Crippen LogP contribution in [0.25, 0.3) is 0 Å². The van der Waals surface area contributed by atoms with Gasteiger partial charge in [-0.1, -0.05) is 19.3 Å². The van der Waals surface area contributed by atoms with E-state index in [2.05, 4.69) is 21.3 Å². The highest BCUT2D eigenvalue weighted by Gasteiger charge is 2.32. The van der Waals surface area contributed by atoms with Gasteiger partial charge in [0.15, 0.2) is 0 Å². The summed E-state index contributed by atoms with van der Waals surface area (Å²) in [5.41, 5.74) is 0. The van der Waals surface area contributed by atoms with Gasteiger partial charge in [-0.15, -0.1) is 0 Å². The molecule has 0 radical (unpaired) electrons. The highest BCUT2D eigenvalue weighted by molar-refractivity contribution is 5.90. The van der Waals surface area contributed by atoms with Crippen LogP contribution in [-0.2, 0) is 9.59 Å². The molecule has 1 aliphatic carbocycles. The SMILES string of the molecule is O=C(NC1CCCNC1=O)C1CN(C(=O)NC2CCCCC2)CCN1. The number of urea groups is 1. The van der Waals surface area contributed by atoms with Crippen LogP contribution in [0.1, 0.15) is 44.9 Å². The molecule has 0 aromatic carbocycles. The average molecular weight is 351 g/mol. The van der Waals surface area contributed by atoms with Gasteiger partial charge in [0.2, 0.25) is 11.8 Å². The van der Waals surface area contributed by atoms with Crippen LogP contribution in [0.5, 0.6) is 0 Å². The number of piperidine rings is 1. The van der Waals surface area contributed by atoms with Crippen molar-refractivity contribution in [1.29, 1.82) is 0 Å². The van der Waals surface area contributed by atoms with Gasteiger partial charge in [0.25, 0.3) is 0 Å². The normalized spacial score (nSPS) is 28.2. The quantitative estimate of drug-likeness (QED) is 0.560. The van der Waals surface area contributed by atoms with E-state index in [0.717, 1.165) is 19.3 Å². The zero-order valence-electron chi connectivity index (χ0n) is 14.7. The van der Waals surface area contributed by atoms with Crippen molar-refractivity contribution in [3.63, 3.8) is 0 Å². The van der Waals surface area contributed by atoms with Crippen molar-refractivity contribution in [3.05, 3.63) is 0 Å². The van der Waals surface area contributed by atoms with Crippen LogP contribution >= 0.6 is 0 Å². The molecule has 0 bridgehead atoms. The van der Waals surface area contributed by atoms with Gasteiger partial charge < -0.3 is 26.2 Å². The fraction of sp³-hybridized carbons (Fsp3) is 0.824. The van der Waals surface area contributed by atoms with E-state index in [1.54, 1.807) is 4.90 Å². The summed E-state index contributed by atoms with van der Waals surface area (Å²) in [5.74, 6) is -0.334. The van der Waals surface area contributed by atoms with E-state index in [9.17, 15) is 14.4 Å². The van der Waals surface area contributed by atoms with Gasteiger partial charge in [-0.05, 0) is 25.7 Å². The number of piperazine rings is 1. The van der Waals surface area contributed by atoms with Gasteiger partial charge in [0.05, 0.1) is 0 Å². The summed E-state index contributed by atoms with van der Waals surface area (Å²) in [6.45, 7) is 2.17. The van der Waals surface area contributed by atoms with E-state index in [4.69, 9.17) is 0 Å². The van der Waals surface area contributed by atoms with E-state index in [1.165, 1.54) is 19.3 Å². The van der Waals surface area contributed by atoms with Crippen molar-refractivity contribution < 1.29 is 14.4 Å². The van der Waals surface area contributed by atoms with E-state index in [0.29, 0.717) is 32.6 Å². The van der Waals surface area contributed by atoms with Gasteiger partial charge in [0, 0.05) is 32.2 Å². The third-order valence-corrected chi connectivity index (χ3v) is 5.31. The smallest absolute Gasteiger partial charge is 0.317 e. The number of amides is 4. The van der Waals surface area contributed by atoms with Crippen LogP contribution < -0.4 is 21.3 Å². The first kappa shape index (κ1) is 18.0. The zero-order chi connectivity index (χ0) is 17.6. The number of nitrogens with one attached hydrogen (secondary N) is 4. The standard InChI is InChI=1S/C17H29N5O3/c23-15-13(7-4-8-19-15)21-16(24)14-11-22(10-9-18-14)17(25)20-12-5-2-1-3-6-12/h12-14,18H,1-11H2,(H,19,23)(H,20,25)(H,21,24). The van der Waals surface area contributed by atoms with Crippen molar-refractivity contribution in [3.8, 4) is 0 Å². The number of carbonyl (C=O) groups excluding carboxylic acids is 3. The monoisotopic (exact) mass is 351 g/mol. The summed E-state index contributed by atoms with van der Waals surface area (Å²) >= 11 is 0. The van der Waals surface area contributed by atoms with Crippen molar-refractivity contribution in [2.24, 2.45) is 0 Å². The lowest BCUT2D eigenvalue weighted by Crippen LogP contribution is -2.62. The summed E-state index contributed by atoms with van der Waals surface area (Å²) < 4.78 is 0. The Morgan fingerprint density at radius 2 is 1.80 bits per heavy atom. The largest absolute Gasteiger partial charge is 0.354 e. The molecule has 3 rings (SSSR count). The molecule has 8 heteroatoms. The Hall–Kier alpha value is -1.83. The van der Waals surface area contributed by atoms with Crippen LogP contribution in [0.4, 0.5) is 4.79 Å². The van der Waals surface area contributed by atoms with Gasteiger partial charge in [-0.25, -0.2) is 4.79 Å². The van der Waals surface area contributed by atoms with Crippen LogP contribution in [0.15, 0.2) is 0 Å². The number of rotatable bonds is 3. The Kier molecular flexibility index (Phi) is 6.12. The molecule has 8 nitrogen and oxygen atoms in total. The zero-order valence-corrected chi connectivity index (χ0v) is 14.7. The number of hydrogen-bond donors (Lipinski definition) is 4. The van der Waals surface area contributed by atoms with Crippen molar-refractivity contribution in [2.75, 3.05) is 26.2 Å². The number of carbonyl (C=O) groups is 3. The summed E-state index contributed by atoms with van der Waals surface area (Å²) in [5, 5.41) is 11.8. The highest BCUT2D eigenvalue weighted by atomic mass is 16.2. The van der Waals surface area contributed by atoms with E-state index >= 15 is 0 Å². The third kappa shape index (κ3) is 4.84. The molecule has 4 N–H and O–H groups in total. The molecule has 4 amide bonds. The van der Waals surface area contributed by atoms with Crippen molar-refractivity contribution >= 4 is 17.8 Å². The van der Waals surface area contributed by atoms with Gasteiger partial charge in [0.1, 0.15) is 12.1 Å². The minimum atomic E-state index is -0.472. The summed E-state index contributed by atoms with van der Waals surface area (Å²) in [6.07, 6.45) is 7.19. The van der Waals surface area contributed by atoms with Crippen molar-refractivity contribution in [2.45, 2.75) is 63.1 Å². The van der Waals surface area contributed by atoms with Gasteiger partial charge >= 0.3 is 6.03 Å². The molecule has 2 heterocycles. The predicted molar refractivity (Wildman–Crippen MR) is 92.9 cm³/mol. The molecule has 1 saturated carbocycles. The summed E-state index contributed by atoms with van der Waals surface area (Å²) in [4.78, 5) is 38.4. The van der Waals surface area contributed by atoms with E-state index in [1.807, 2.05) is 0 Å². The fourth-order valence-electron chi connectivity index (χ4n) is 3.80. The molecule has 2 saturated heterocycles. The van der Waals surface area contributed by atoms with Gasteiger partial charge in [-0.3, -0.25) is 9.59 Å². The van der Waals surface area contributed by atoms with E-state index in [-0.39, 0.29) is 23.9 Å². The Balaban J connectivity index is 1.48. The number of hydrogen-bond acceptors (Lipinski definition) is 4. The highest BCUT2D eigenvalue weighted by Crippen LogP contribution is 2.17. The lowest BCUT2D eigenvalue weighted by atomic mass is 9.96. The maximum Gasteiger partial charge on any atom is 0.317 e. The topological polar surface area (TPSA) is 103 Å². The molecule has 0 aromatic rings. The Morgan fingerprint density at radius 1 is 1.00 bits per heavy atom. The van der Waals surface area contributed by atoms with Crippen LogP contribution in [0.2, 0.25) is 0 Å². The predicted octanol–water partition coefficient (Wildman–Crippen LogP) is -0.303. The second-order valence-electron chi connectivity index (χ2n) is 7.23. The average Bonchev–Trinajstić information content (AvgIpc) is 2.64. The second-order valence-corrected chi connectivity index (χ2v) is 7.23. The first-order valence-corrected chi connectivity index (χ1v) is 9.50. The molecule has 3 fully saturated rings. The molecule has 2 unspecified atom stereocenters. The Labute approximate surface area is 148 Å². The summed E-state index contributed by atoms with van der Waals surface area (Å²) in [6, 6.07) is -0.758. The molecule has 3 aliphatic rings. The lowest BCUT2D eigenvalue weighted by Gasteiger charge is -2.35. The number of nitrogens with zero attached hydrogens (tertiary/aromatic N) is 1. The molecule has 2 aliphatic heterocycles. The first-order valence-electron chi connectivity index (χ1n) is 9.50. The van der Waals surface area contributed by atoms with Crippen LogP contribution in [-0.4, -0.2) is 67.0 Å². The second kappa shape index (κ2) is 8.51. The molecular weight excluding hydrogens is 322 g/mol. The Morgan fingerprint density at radius 3 is 2.56 bits per heavy atom. The molecule has 0 spiro atoms. The summed E-state index contributed by atoms with van der Waals surface area (Å²) in [7, 11) is 0. The molecule has 25 heavy (non-hydrogen) atoms. The third-order valence-electron chi connectivity index (χ3n) is 5.31. The molecule has 140 valence electrons. The molecule has 2 atom stereocenters.